The van der Waals surface area contributed by atoms with Crippen molar-refractivity contribution in [1.29, 1.82) is 0 Å². The Balaban J connectivity index is 1.65. The summed E-state index contributed by atoms with van der Waals surface area (Å²) >= 11 is 0. The molecule has 0 aromatic heterocycles. The smallest absolute Gasteiger partial charge is 0.332 e. The van der Waals surface area contributed by atoms with Gasteiger partial charge in [-0.15, -0.1) is 0 Å². The van der Waals surface area contributed by atoms with Crippen molar-refractivity contribution in [2.75, 3.05) is 6.61 Å². The number of carbonyl (C=O) groups is 3. The molecule has 0 spiro atoms. The molecule has 4 rings (SSSR count). The maximum Gasteiger partial charge on any atom is 0.332 e. The highest BCUT2D eigenvalue weighted by Crippen LogP contribution is 2.36. The molecule has 2 saturated heterocycles. The molecule has 7 unspecified atom stereocenters. The van der Waals surface area contributed by atoms with Gasteiger partial charge in [-0.3, -0.25) is 9.59 Å². The van der Waals surface area contributed by atoms with Gasteiger partial charge in [-0.2, -0.15) is 0 Å². The van der Waals surface area contributed by atoms with E-state index in [1.54, 1.807) is 24.3 Å². The summed E-state index contributed by atoms with van der Waals surface area (Å²) in [5, 5.41) is 12.3. The summed E-state index contributed by atoms with van der Waals surface area (Å²) in [7, 11) is 0. The number of Topliss-reactive ketones (excluding diaryl/α,β-unsaturated/α-hetero) is 1. The van der Waals surface area contributed by atoms with Gasteiger partial charge in [0.25, 0.3) is 0 Å². The Morgan fingerprint density at radius 1 is 1.06 bits per heavy atom. The second-order valence-electron chi connectivity index (χ2n) is 8.73. The van der Waals surface area contributed by atoms with Crippen LogP contribution in [-0.4, -0.2) is 66.1 Å². The van der Waals surface area contributed by atoms with Crippen molar-refractivity contribution in [1.82, 2.24) is 5.32 Å². The number of fused-ring (bicyclic) bond motifs is 1. The van der Waals surface area contributed by atoms with E-state index in [4.69, 9.17) is 23.7 Å². The minimum atomic E-state index is -1.20. The van der Waals surface area contributed by atoms with Gasteiger partial charge in [-0.05, 0) is 26.0 Å². The van der Waals surface area contributed by atoms with Gasteiger partial charge in [0.2, 0.25) is 12.2 Å². The molecular formula is C26H29NO9. The van der Waals surface area contributed by atoms with E-state index < -0.39 is 54.9 Å². The molecule has 2 aliphatic rings. The second kappa shape index (κ2) is 11.2. The summed E-state index contributed by atoms with van der Waals surface area (Å²) in [5.41, 5.74) is 1.22. The zero-order valence-corrected chi connectivity index (χ0v) is 20.2. The summed E-state index contributed by atoms with van der Waals surface area (Å²) in [5.74, 6) is -1.36. The number of hydrogen-bond donors (Lipinski definition) is 2. The molecule has 10 nitrogen and oxygen atoms in total. The predicted molar refractivity (Wildman–Crippen MR) is 125 cm³/mol. The Kier molecular flexibility index (Phi) is 8.00. The molecule has 1 amide bonds. The van der Waals surface area contributed by atoms with Gasteiger partial charge in [0.15, 0.2) is 18.2 Å². The standard InChI is InChI=1S/C26H29NO9/c1-14(28)18-10-7-11-19(12-18)34-26-21(27-16(3)29)23(33-15(2)24(30)31)22-20(35-26)13-32-25(36-22)17-8-5-4-6-9-17/h4-12,15,20-23,25-26H,13H2,1-3H3,(H,27,29)(H,30,31). The maximum absolute atomic E-state index is 12.2. The number of amides is 1. The third-order valence-electron chi connectivity index (χ3n) is 5.98. The van der Waals surface area contributed by atoms with E-state index in [9.17, 15) is 19.5 Å². The number of hydrogen-bond acceptors (Lipinski definition) is 8. The number of rotatable bonds is 8. The fourth-order valence-corrected chi connectivity index (χ4v) is 4.22. The molecule has 0 aliphatic carbocycles. The van der Waals surface area contributed by atoms with Crippen molar-refractivity contribution < 1.29 is 43.2 Å². The molecule has 0 bridgehead atoms. The van der Waals surface area contributed by atoms with Crippen LogP contribution in [0.25, 0.3) is 0 Å². The molecule has 0 saturated carbocycles. The summed E-state index contributed by atoms with van der Waals surface area (Å²) in [6.07, 6.45) is -5.41. The molecule has 192 valence electrons. The second-order valence-corrected chi connectivity index (χ2v) is 8.73. The number of carboxylic acid groups (broad SMARTS) is 1. The normalized spacial score (nSPS) is 28.4. The SMILES string of the molecule is CC(=O)NC1C(Oc2cccc(C(C)=O)c2)OC2COC(c3ccccc3)OC2C1OC(C)C(=O)O. The van der Waals surface area contributed by atoms with Crippen LogP contribution < -0.4 is 10.1 Å². The van der Waals surface area contributed by atoms with Crippen molar-refractivity contribution in [3.63, 3.8) is 0 Å². The number of ether oxygens (including phenoxy) is 5. The van der Waals surface area contributed by atoms with Crippen molar-refractivity contribution in [3.05, 3.63) is 65.7 Å². The predicted octanol–water partition coefficient (Wildman–Crippen LogP) is 2.47. The van der Waals surface area contributed by atoms with Gasteiger partial charge in [-0.25, -0.2) is 4.79 Å². The lowest BCUT2D eigenvalue weighted by atomic mass is 9.95. The third-order valence-corrected chi connectivity index (χ3v) is 5.98. The van der Waals surface area contributed by atoms with Crippen LogP contribution in [-0.2, 0) is 28.5 Å². The molecule has 2 fully saturated rings. The van der Waals surface area contributed by atoms with Gasteiger partial charge in [0.05, 0.1) is 6.61 Å². The van der Waals surface area contributed by atoms with Crippen LogP contribution in [0.2, 0.25) is 0 Å². The molecule has 36 heavy (non-hydrogen) atoms. The van der Waals surface area contributed by atoms with Gasteiger partial charge < -0.3 is 34.1 Å². The van der Waals surface area contributed by atoms with E-state index in [1.165, 1.54) is 20.8 Å². The molecule has 2 aromatic rings. The number of nitrogens with one attached hydrogen (secondary N) is 1. The van der Waals surface area contributed by atoms with E-state index in [-0.39, 0.29) is 12.4 Å². The van der Waals surface area contributed by atoms with Crippen LogP contribution in [0.3, 0.4) is 0 Å². The number of ketones is 1. The topological polar surface area (TPSA) is 130 Å². The van der Waals surface area contributed by atoms with Crippen LogP contribution >= 0.6 is 0 Å². The highest BCUT2D eigenvalue weighted by molar-refractivity contribution is 5.94. The zero-order valence-electron chi connectivity index (χ0n) is 20.2. The van der Waals surface area contributed by atoms with Crippen molar-refractivity contribution in [2.45, 2.75) is 63.8 Å². The van der Waals surface area contributed by atoms with E-state index in [2.05, 4.69) is 5.32 Å². The first-order valence-electron chi connectivity index (χ1n) is 11.6. The number of benzene rings is 2. The first-order valence-corrected chi connectivity index (χ1v) is 11.6. The molecule has 2 aromatic carbocycles. The fourth-order valence-electron chi connectivity index (χ4n) is 4.22. The fraction of sp³-hybridized carbons (Fsp3) is 0.423. The van der Waals surface area contributed by atoms with E-state index in [0.29, 0.717) is 11.3 Å². The average molecular weight is 500 g/mol. The Morgan fingerprint density at radius 2 is 1.81 bits per heavy atom. The largest absolute Gasteiger partial charge is 0.479 e. The Bertz CT molecular complexity index is 1090. The summed E-state index contributed by atoms with van der Waals surface area (Å²) < 4.78 is 30.3. The van der Waals surface area contributed by atoms with Crippen LogP contribution in [0, 0.1) is 0 Å². The maximum atomic E-state index is 12.2. The first-order chi connectivity index (χ1) is 17.2. The number of aliphatic carboxylic acids is 1. The monoisotopic (exact) mass is 499 g/mol. The summed E-state index contributed by atoms with van der Waals surface area (Å²) in [4.78, 5) is 35.6. The molecule has 2 aliphatic heterocycles. The number of carboxylic acids is 1. The summed E-state index contributed by atoms with van der Waals surface area (Å²) in [6.45, 7) is 4.29. The minimum Gasteiger partial charge on any atom is -0.479 e. The van der Waals surface area contributed by atoms with Crippen LogP contribution in [0.4, 0.5) is 0 Å². The van der Waals surface area contributed by atoms with Gasteiger partial charge in [0, 0.05) is 18.1 Å². The first kappa shape index (κ1) is 25.8. The van der Waals surface area contributed by atoms with Gasteiger partial charge in [-0.1, -0.05) is 42.5 Å². The lowest BCUT2D eigenvalue weighted by Crippen LogP contribution is -2.68. The highest BCUT2D eigenvalue weighted by atomic mass is 16.8. The minimum absolute atomic E-state index is 0.117. The number of carbonyl (C=O) groups excluding carboxylic acids is 2. The average Bonchev–Trinajstić information content (AvgIpc) is 2.86. The van der Waals surface area contributed by atoms with Crippen molar-refractivity contribution in [3.8, 4) is 5.75 Å². The molecule has 2 heterocycles. The van der Waals surface area contributed by atoms with Crippen molar-refractivity contribution >= 4 is 17.7 Å². The third kappa shape index (κ3) is 5.90. The lowest BCUT2D eigenvalue weighted by Gasteiger charge is -2.49. The molecule has 2 N–H and O–H groups in total. The summed E-state index contributed by atoms with van der Waals surface area (Å²) in [6, 6.07) is 14.9. The van der Waals surface area contributed by atoms with Gasteiger partial charge >= 0.3 is 5.97 Å². The Hall–Kier alpha value is -3.31. The zero-order chi connectivity index (χ0) is 25.8. The Labute approximate surface area is 208 Å². The van der Waals surface area contributed by atoms with E-state index in [0.717, 1.165) is 5.56 Å². The Morgan fingerprint density at radius 3 is 2.47 bits per heavy atom. The molecular weight excluding hydrogens is 470 g/mol. The van der Waals surface area contributed by atoms with Crippen LogP contribution in [0.1, 0.15) is 43.0 Å². The lowest BCUT2D eigenvalue weighted by molar-refractivity contribution is -0.340. The molecule has 7 atom stereocenters. The molecule has 0 radical (unpaired) electrons. The van der Waals surface area contributed by atoms with Gasteiger partial charge in [0.1, 0.15) is 30.1 Å². The quantitative estimate of drug-likeness (QED) is 0.526. The molecule has 10 heteroatoms. The van der Waals surface area contributed by atoms with Crippen molar-refractivity contribution in [2.24, 2.45) is 0 Å². The van der Waals surface area contributed by atoms with Crippen LogP contribution in [0.15, 0.2) is 54.6 Å². The highest BCUT2D eigenvalue weighted by Gasteiger charge is 2.52. The van der Waals surface area contributed by atoms with Crippen LogP contribution in [0.5, 0.6) is 5.75 Å². The van der Waals surface area contributed by atoms with E-state index in [1.807, 2.05) is 30.3 Å². The van der Waals surface area contributed by atoms with E-state index >= 15 is 0 Å².